The number of aliphatic hydroxyl groups excluding tert-OH is 2. The third-order valence-corrected chi connectivity index (χ3v) is 6.71. The largest absolute Gasteiger partial charge is 0.393 e. The van der Waals surface area contributed by atoms with E-state index in [0.29, 0.717) is 17.8 Å². The topological polar surface area (TPSA) is 114 Å². The molecule has 0 fully saturated rings. The van der Waals surface area contributed by atoms with Gasteiger partial charge in [-0.3, -0.25) is 9.59 Å². The van der Waals surface area contributed by atoms with Crippen molar-refractivity contribution in [2.24, 2.45) is 0 Å². The van der Waals surface area contributed by atoms with E-state index in [1.165, 1.54) is 5.56 Å². The average Bonchev–Trinajstić information content (AvgIpc) is 3.44. The van der Waals surface area contributed by atoms with Crippen molar-refractivity contribution in [2.45, 2.75) is 38.2 Å². The molecule has 7 heteroatoms. The molecule has 2 aliphatic rings. The van der Waals surface area contributed by atoms with E-state index in [1.807, 2.05) is 19.1 Å². The van der Waals surface area contributed by atoms with Gasteiger partial charge in [-0.1, -0.05) is 35.9 Å². The van der Waals surface area contributed by atoms with Gasteiger partial charge >= 0.3 is 0 Å². The number of H-pyrrole nitrogens is 1. The van der Waals surface area contributed by atoms with Crippen LogP contribution in [-0.2, 0) is 16.0 Å². The summed E-state index contributed by atoms with van der Waals surface area (Å²) in [5, 5.41) is 24.3. The van der Waals surface area contributed by atoms with Crippen LogP contribution in [0.15, 0.2) is 54.1 Å². The number of fused-ring (bicyclic) bond motifs is 2. The summed E-state index contributed by atoms with van der Waals surface area (Å²) < 4.78 is 0. The first kappa shape index (κ1) is 22.1. The maximum Gasteiger partial charge on any atom is 0.255 e. The van der Waals surface area contributed by atoms with Gasteiger partial charge in [-0.05, 0) is 60.4 Å². The Kier molecular flexibility index (Phi) is 5.59. The predicted octanol–water partition coefficient (Wildman–Crippen LogP) is 3.38. The first-order valence-electron chi connectivity index (χ1n) is 11.3. The maximum absolute atomic E-state index is 13.3. The molecule has 1 aliphatic carbocycles. The Labute approximate surface area is 197 Å². The Hall–Kier alpha value is -3.68. The third kappa shape index (κ3) is 3.83. The van der Waals surface area contributed by atoms with Crippen LogP contribution in [0.2, 0.25) is 0 Å². The lowest BCUT2D eigenvalue weighted by Gasteiger charge is -2.23. The molecule has 1 aliphatic heterocycles. The monoisotopic (exact) mass is 457 g/mol. The van der Waals surface area contributed by atoms with E-state index in [4.69, 9.17) is 5.11 Å². The highest BCUT2D eigenvalue weighted by Gasteiger charge is 2.42. The van der Waals surface area contributed by atoms with E-state index in [9.17, 15) is 14.7 Å². The minimum absolute atomic E-state index is 0.0825. The Bertz CT molecular complexity index is 1320. The van der Waals surface area contributed by atoms with Crippen molar-refractivity contribution in [2.75, 3.05) is 17.2 Å². The van der Waals surface area contributed by atoms with Gasteiger partial charge < -0.3 is 25.8 Å². The highest BCUT2D eigenvalue weighted by molar-refractivity contribution is 6.05. The molecule has 2 aromatic carbocycles. The highest BCUT2D eigenvalue weighted by Crippen LogP contribution is 2.51. The SMILES string of the molecule is Cc1cc(C)c(CC2=Cc3ccccc3C2C2C(=O)Nc3ccc(NC(=O)C(O)CO)cc32)[nH]1. The molecule has 0 saturated heterocycles. The van der Waals surface area contributed by atoms with Crippen molar-refractivity contribution in [3.63, 3.8) is 0 Å². The van der Waals surface area contributed by atoms with Crippen molar-refractivity contribution >= 4 is 29.3 Å². The number of nitrogens with one attached hydrogen (secondary N) is 3. The lowest BCUT2D eigenvalue weighted by atomic mass is 9.78. The predicted molar refractivity (Wildman–Crippen MR) is 131 cm³/mol. The quantitative estimate of drug-likeness (QED) is 0.390. The minimum Gasteiger partial charge on any atom is -0.393 e. The summed E-state index contributed by atoms with van der Waals surface area (Å²) in [5.74, 6) is -1.38. The minimum atomic E-state index is -1.51. The fourth-order valence-corrected chi connectivity index (χ4v) is 5.14. The first-order chi connectivity index (χ1) is 16.4. The van der Waals surface area contributed by atoms with Gasteiger partial charge in [0.15, 0.2) is 6.10 Å². The summed E-state index contributed by atoms with van der Waals surface area (Å²) in [6, 6.07) is 15.5. The number of allylic oxidation sites excluding steroid dienone is 1. The lowest BCUT2D eigenvalue weighted by molar-refractivity contribution is -0.125. The van der Waals surface area contributed by atoms with Gasteiger partial charge in [0.2, 0.25) is 5.91 Å². The van der Waals surface area contributed by atoms with E-state index in [-0.39, 0.29) is 11.8 Å². The number of aromatic amines is 1. The number of rotatable bonds is 6. The molecular weight excluding hydrogens is 430 g/mol. The van der Waals surface area contributed by atoms with Gasteiger partial charge in [-0.15, -0.1) is 0 Å². The molecule has 0 saturated carbocycles. The van der Waals surface area contributed by atoms with Crippen LogP contribution in [0, 0.1) is 13.8 Å². The fourth-order valence-electron chi connectivity index (χ4n) is 5.14. The number of carbonyl (C=O) groups is 2. The van der Waals surface area contributed by atoms with Crippen molar-refractivity contribution in [1.82, 2.24) is 4.98 Å². The number of amides is 2. The number of aliphatic hydroxyl groups is 2. The van der Waals surface area contributed by atoms with Crippen LogP contribution < -0.4 is 10.6 Å². The lowest BCUT2D eigenvalue weighted by Crippen LogP contribution is -2.30. The summed E-state index contributed by atoms with van der Waals surface area (Å²) in [4.78, 5) is 28.8. The molecule has 3 unspecified atom stereocenters. The summed E-state index contributed by atoms with van der Waals surface area (Å²) in [7, 11) is 0. The van der Waals surface area contributed by atoms with Crippen molar-refractivity contribution in [1.29, 1.82) is 0 Å². The Morgan fingerprint density at radius 2 is 1.88 bits per heavy atom. The van der Waals surface area contributed by atoms with Crippen molar-refractivity contribution < 1.29 is 19.8 Å². The fraction of sp³-hybridized carbons (Fsp3) is 0.259. The molecule has 1 aromatic heterocycles. The molecular formula is C27H27N3O4. The number of aryl methyl sites for hydroxylation is 2. The summed E-state index contributed by atoms with van der Waals surface area (Å²) in [5.41, 5.74) is 8.79. The smallest absolute Gasteiger partial charge is 0.255 e. The Morgan fingerprint density at radius 1 is 1.09 bits per heavy atom. The third-order valence-electron chi connectivity index (χ3n) is 6.71. The maximum atomic E-state index is 13.3. The molecule has 0 bridgehead atoms. The second-order valence-corrected chi connectivity index (χ2v) is 9.07. The van der Waals surface area contributed by atoms with Gasteiger partial charge in [0, 0.05) is 35.1 Å². The van der Waals surface area contributed by atoms with E-state index < -0.39 is 24.5 Å². The van der Waals surface area contributed by atoms with Crippen LogP contribution in [0.3, 0.4) is 0 Å². The van der Waals surface area contributed by atoms with Crippen LogP contribution >= 0.6 is 0 Å². The summed E-state index contributed by atoms with van der Waals surface area (Å²) in [6.07, 6.45) is 1.38. The van der Waals surface area contributed by atoms with E-state index >= 15 is 0 Å². The standard InChI is InChI=1S/C27H27N3O4/c1-14-9-15(2)28-22(14)11-17-10-16-5-3-4-6-19(16)24(17)25-20-12-18(29-26(33)23(32)13-31)7-8-21(20)30-27(25)34/h3-10,12,23-25,28,31-32H,11,13H2,1-2H3,(H,29,33)(H,30,34). The zero-order valence-corrected chi connectivity index (χ0v) is 19.1. The molecule has 0 radical (unpaired) electrons. The highest BCUT2D eigenvalue weighted by atomic mass is 16.3. The number of carbonyl (C=O) groups excluding carboxylic acids is 2. The Balaban J connectivity index is 1.53. The summed E-state index contributed by atoms with van der Waals surface area (Å²) >= 11 is 0. The molecule has 3 atom stereocenters. The van der Waals surface area contributed by atoms with Gasteiger partial charge in [0.1, 0.15) is 0 Å². The molecule has 3 aromatic rings. The normalized spacial score (nSPS) is 19.3. The van der Waals surface area contributed by atoms with Gasteiger partial charge in [0.25, 0.3) is 5.91 Å². The van der Waals surface area contributed by atoms with Crippen LogP contribution in [-0.4, -0.2) is 39.7 Å². The number of anilines is 2. The van der Waals surface area contributed by atoms with Crippen LogP contribution in [0.5, 0.6) is 0 Å². The van der Waals surface area contributed by atoms with Crippen LogP contribution in [0.25, 0.3) is 6.08 Å². The average molecular weight is 458 g/mol. The second kappa shape index (κ2) is 8.59. The van der Waals surface area contributed by atoms with Crippen LogP contribution in [0.1, 0.15) is 45.5 Å². The molecule has 34 heavy (non-hydrogen) atoms. The number of aromatic nitrogens is 1. The molecule has 5 N–H and O–H groups in total. The van der Waals surface area contributed by atoms with Crippen LogP contribution in [0.4, 0.5) is 11.4 Å². The van der Waals surface area contributed by atoms with Crippen molar-refractivity contribution in [3.8, 4) is 0 Å². The Morgan fingerprint density at radius 3 is 2.62 bits per heavy atom. The molecule has 2 amide bonds. The molecule has 2 heterocycles. The zero-order chi connectivity index (χ0) is 24.0. The van der Waals surface area contributed by atoms with E-state index in [0.717, 1.165) is 33.7 Å². The van der Waals surface area contributed by atoms with E-state index in [2.05, 4.69) is 46.8 Å². The van der Waals surface area contributed by atoms with Gasteiger partial charge in [0.05, 0.1) is 12.5 Å². The van der Waals surface area contributed by atoms with Crippen molar-refractivity contribution in [3.05, 3.63) is 87.7 Å². The number of hydrogen-bond donors (Lipinski definition) is 5. The van der Waals surface area contributed by atoms with E-state index in [1.54, 1.807) is 18.2 Å². The second-order valence-electron chi connectivity index (χ2n) is 9.07. The first-order valence-corrected chi connectivity index (χ1v) is 11.3. The molecule has 0 spiro atoms. The number of hydrogen-bond acceptors (Lipinski definition) is 4. The molecule has 174 valence electrons. The van der Waals surface area contributed by atoms with Gasteiger partial charge in [-0.25, -0.2) is 0 Å². The zero-order valence-electron chi connectivity index (χ0n) is 19.1. The number of benzene rings is 2. The van der Waals surface area contributed by atoms with Gasteiger partial charge in [-0.2, -0.15) is 0 Å². The molecule has 7 nitrogen and oxygen atoms in total. The molecule has 5 rings (SSSR count). The summed E-state index contributed by atoms with van der Waals surface area (Å²) in [6.45, 7) is 3.46.